The highest BCUT2D eigenvalue weighted by Gasteiger charge is 2.02. The molecule has 0 bridgehead atoms. The van der Waals surface area contributed by atoms with Crippen molar-refractivity contribution in [3.63, 3.8) is 0 Å². The van der Waals surface area contributed by atoms with Gasteiger partial charge in [-0.1, -0.05) is 37.0 Å². The van der Waals surface area contributed by atoms with E-state index in [9.17, 15) is 0 Å². The van der Waals surface area contributed by atoms with Gasteiger partial charge in [-0.3, -0.25) is 0 Å². The maximum atomic E-state index is 5.98. The van der Waals surface area contributed by atoms with Crippen LogP contribution in [-0.4, -0.2) is 24.8 Å². The lowest BCUT2D eigenvalue weighted by Gasteiger charge is -2.08. The van der Waals surface area contributed by atoms with E-state index in [0.29, 0.717) is 35.9 Å². The first-order valence-corrected chi connectivity index (χ1v) is 6.30. The minimum Gasteiger partial charge on any atom is -0.379 e. The van der Waals surface area contributed by atoms with Crippen LogP contribution in [0.1, 0.15) is 19.4 Å². The Hall–Kier alpha value is -0.350. The Morgan fingerprint density at radius 2 is 1.94 bits per heavy atom. The molecule has 1 rings (SSSR count). The van der Waals surface area contributed by atoms with Crippen LogP contribution >= 0.6 is 23.2 Å². The van der Waals surface area contributed by atoms with E-state index >= 15 is 0 Å². The summed E-state index contributed by atoms with van der Waals surface area (Å²) in [5, 5.41) is 0.965. The molecule has 0 amide bonds. The second-order valence-electron chi connectivity index (χ2n) is 4.12. The van der Waals surface area contributed by atoms with E-state index in [2.05, 4.69) is 18.8 Å². The highest BCUT2D eigenvalue weighted by Crippen LogP contribution is 2.19. The minimum absolute atomic E-state index is 0.388. The molecule has 0 aromatic carbocycles. The fraction of sp³-hybridized carbons (Fsp3) is 0.583. The fourth-order valence-electron chi connectivity index (χ4n) is 1.16. The molecule has 5 heteroatoms. The number of pyridine rings is 1. The van der Waals surface area contributed by atoms with E-state index in [1.807, 2.05) is 0 Å². The maximum Gasteiger partial charge on any atom is 0.130 e. The zero-order chi connectivity index (χ0) is 12.7. The normalized spacial score (nSPS) is 11.1. The number of nitrogens with zero attached hydrogens (tertiary/aromatic N) is 1. The van der Waals surface area contributed by atoms with Crippen LogP contribution in [0.15, 0.2) is 12.3 Å². The zero-order valence-corrected chi connectivity index (χ0v) is 11.6. The van der Waals surface area contributed by atoms with Crippen molar-refractivity contribution in [1.29, 1.82) is 0 Å². The third-order valence-electron chi connectivity index (χ3n) is 1.98. The molecule has 1 heterocycles. The van der Waals surface area contributed by atoms with Crippen molar-refractivity contribution in [2.45, 2.75) is 20.5 Å². The van der Waals surface area contributed by atoms with Gasteiger partial charge in [0.25, 0.3) is 0 Å². The summed E-state index contributed by atoms with van der Waals surface area (Å²) in [4.78, 5) is 3.95. The Morgan fingerprint density at radius 3 is 2.59 bits per heavy atom. The van der Waals surface area contributed by atoms with Gasteiger partial charge in [0.2, 0.25) is 0 Å². The van der Waals surface area contributed by atoms with E-state index in [-0.39, 0.29) is 0 Å². The summed E-state index contributed by atoms with van der Waals surface area (Å²) in [6.45, 7) is 6.54. The van der Waals surface area contributed by atoms with E-state index in [4.69, 9.17) is 32.7 Å². The number of aromatic nitrogens is 1. The topological polar surface area (TPSA) is 31.4 Å². The number of hydrogen-bond donors (Lipinski definition) is 0. The summed E-state index contributed by atoms with van der Waals surface area (Å²) in [6, 6.07) is 1.61. The van der Waals surface area contributed by atoms with Crippen molar-refractivity contribution >= 4 is 23.2 Å². The molecular formula is C12H17Cl2NO2. The number of hydrogen-bond acceptors (Lipinski definition) is 3. The van der Waals surface area contributed by atoms with Crippen LogP contribution in [0.4, 0.5) is 0 Å². The van der Waals surface area contributed by atoms with Gasteiger partial charge >= 0.3 is 0 Å². The molecule has 0 aliphatic rings. The van der Waals surface area contributed by atoms with E-state index in [0.717, 1.165) is 12.2 Å². The van der Waals surface area contributed by atoms with Gasteiger partial charge in [0.15, 0.2) is 0 Å². The number of ether oxygens (including phenoxy) is 2. The van der Waals surface area contributed by atoms with Gasteiger partial charge < -0.3 is 9.47 Å². The molecule has 0 aliphatic carbocycles. The van der Waals surface area contributed by atoms with E-state index < -0.39 is 0 Å². The van der Waals surface area contributed by atoms with Crippen molar-refractivity contribution in [2.75, 3.05) is 19.8 Å². The number of rotatable bonds is 7. The predicted molar refractivity (Wildman–Crippen MR) is 69.6 cm³/mol. The van der Waals surface area contributed by atoms with Crippen molar-refractivity contribution in [3.8, 4) is 0 Å². The monoisotopic (exact) mass is 277 g/mol. The number of halogens is 2. The van der Waals surface area contributed by atoms with E-state index in [1.54, 1.807) is 12.3 Å². The second kappa shape index (κ2) is 7.88. The lowest BCUT2D eigenvalue weighted by molar-refractivity contribution is 0.0314. The Bertz CT molecular complexity index is 345. The molecule has 96 valence electrons. The summed E-state index contributed by atoms with van der Waals surface area (Å²) in [6.07, 6.45) is 1.62. The summed E-state index contributed by atoms with van der Waals surface area (Å²) in [5.41, 5.74) is 0.833. The molecule has 3 nitrogen and oxygen atoms in total. The Labute approximate surface area is 112 Å². The molecule has 0 saturated heterocycles. The molecule has 0 radical (unpaired) electrons. The smallest absolute Gasteiger partial charge is 0.130 e. The SMILES string of the molecule is CC(C)COCCOCc1cnc(Cl)cc1Cl. The molecule has 1 aromatic rings. The van der Waals surface area contributed by atoms with Crippen LogP contribution in [0.3, 0.4) is 0 Å². The summed E-state index contributed by atoms with van der Waals surface area (Å²) < 4.78 is 10.8. The molecule has 0 fully saturated rings. The third kappa shape index (κ3) is 6.22. The molecule has 1 aromatic heterocycles. The van der Waals surface area contributed by atoms with Crippen LogP contribution in [0.25, 0.3) is 0 Å². The van der Waals surface area contributed by atoms with Crippen LogP contribution in [0.2, 0.25) is 10.2 Å². The average molecular weight is 278 g/mol. The highest BCUT2D eigenvalue weighted by atomic mass is 35.5. The second-order valence-corrected chi connectivity index (χ2v) is 4.91. The average Bonchev–Trinajstić information content (AvgIpc) is 2.25. The van der Waals surface area contributed by atoms with Crippen molar-refractivity contribution in [3.05, 3.63) is 28.0 Å². The quantitative estimate of drug-likeness (QED) is 0.564. The van der Waals surface area contributed by atoms with Crippen molar-refractivity contribution < 1.29 is 9.47 Å². The lowest BCUT2D eigenvalue weighted by atomic mass is 10.2. The van der Waals surface area contributed by atoms with Gasteiger partial charge in [0.05, 0.1) is 24.8 Å². The van der Waals surface area contributed by atoms with Gasteiger partial charge in [-0.25, -0.2) is 4.98 Å². The standard InChI is InChI=1S/C12H17Cl2NO2/c1-9(2)7-16-3-4-17-8-10-6-15-12(14)5-11(10)13/h5-6,9H,3-4,7-8H2,1-2H3. The first kappa shape index (κ1) is 14.7. The maximum absolute atomic E-state index is 5.98. The van der Waals surface area contributed by atoms with Crippen LogP contribution < -0.4 is 0 Å². The Morgan fingerprint density at radius 1 is 1.24 bits per heavy atom. The van der Waals surface area contributed by atoms with Crippen molar-refractivity contribution in [1.82, 2.24) is 4.98 Å². The third-order valence-corrected chi connectivity index (χ3v) is 2.54. The molecular weight excluding hydrogens is 261 g/mol. The van der Waals surface area contributed by atoms with Crippen LogP contribution in [0.5, 0.6) is 0 Å². The molecule has 17 heavy (non-hydrogen) atoms. The lowest BCUT2D eigenvalue weighted by Crippen LogP contribution is -2.08. The van der Waals surface area contributed by atoms with Gasteiger partial charge in [-0.15, -0.1) is 0 Å². The Kier molecular flexibility index (Phi) is 6.82. The molecule has 0 N–H and O–H groups in total. The molecule has 0 spiro atoms. The molecule has 0 unspecified atom stereocenters. The fourth-order valence-corrected chi connectivity index (χ4v) is 1.58. The highest BCUT2D eigenvalue weighted by molar-refractivity contribution is 6.34. The first-order valence-electron chi connectivity index (χ1n) is 5.55. The van der Waals surface area contributed by atoms with E-state index in [1.165, 1.54) is 0 Å². The van der Waals surface area contributed by atoms with Crippen LogP contribution in [-0.2, 0) is 16.1 Å². The van der Waals surface area contributed by atoms with Gasteiger partial charge in [0, 0.05) is 18.4 Å². The predicted octanol–water partition coefficient (Wildman–Crippen LogP) is 3.58. The van der Waals surface area contributed by atoms with Gasteiger partial charge in [0.1, 0.15) is 5.15 Å². The van der Waals surface area contributed by atoms with Crippen molar-refractivity contribution in [2.24, 2.45) is 5.92 Å². The summed E-state index contributed by atoms with van der Waals surface area (Å²) in [7, 11) is 0. The summed E-state index contributed by atoms with van der Waals surface area (Å²) >= 11 is 11.7. The summed E-state index contributed by atoms with van der Waals surface area (Å²) in [5.74, 6) is 0.546. The largest absolute Gasteiger partial charge is 0.379 e. The zero-order valence-electron chi connectivity index (χ0n) is 10.1. The molecule has 0 aliphatic heterocycles. The first-order chi connectivity index (χ1) is 8.09. The molecule has 0 atom stereocenters. The Balaban J connectivity index is 2.18. The van der Waals surface area contributed by atoms with Gasteiger partial charge in [-0.05, 0) is 12.0 Å². The van der Waals surface area contributed by atoms with Crippen LogP contribution in [0, 0.1) is 5.92 Å². The minimum atomic E-state index is 0.388. The van der Waals surface area contributed by atoms with Gasteiger partial charge in [-0.2, -0.15) is 0 Å². The molecule has 0 saturated carbocycles.